The lowest BCUT2D eigenvalue weighted by atomic mass is 10.3. The molecule has 0 aliphatic carbocycles. The Labute approximate surface area is 153 Å². The molecule has 4 rings (SSSR count). The number of nitrogens with one attached hydrogen (secondary N) is 4. The normalized spacial score (nSPS) is 11.6. The maximum atomic E-state index is 13.0. The van der Waals surface area contributed by atoms with Crippen LogP contribution >= 0.6 is 0 Å². The van der Waals surface area contributed by atoms with E-state index < -0.39 is 21.0 Å². The second-order valence-electron chi connectivity index (χ2n) is 5.77. The summed E-state index contributed by atoms with van der Waals surface area (Å²) in [5.74, 6) is 0.304. The van der Waals surface area contributed by atoms with Crippen molar-refractivity contribution in [2.24, 2.45) is 0 Å². The highest BCUT2D eigenvalue weighted by molar-refractivity contribution is 7.92. The number of hydrogen-bond donors (Lipinski definition) is 4. The van der Waals surface area contributed by atoms with E-state index in [2.05, 4.69) is 35.2 Å². The van der Waals surface area contributed by atoms with Gasteiger partial charge in [0.2, 0.25) is 0 Å². The number of aryl methyl sites for hydroxylation is 1. The maximum absolute atomic E-state index is 13.0. The first kappa shape index (κ1) is 17.0. The molecule has 0 unspecified atom stereocenters. The number of H-pyrrole nitrogens is 2. The first-order valence-electron chi connectivity index (χ1n) is 7.83. The molecule has 0 amide bonds. The molecule has 0 fully saturated rings. The Hall–Kier alpha value is -3.47. The summed E-state index contributed by atoms with van der Waals surface area (Å²) in [5.41, 5.74) is 1.38. The Kier molecular flexibility index (Phi) is 4.00. The molecule has 0 bridgehead atoms. The lowest BCUT2D eigenvalue weighted by Gasteiger charge is -2.09. The molecular weight excluding hydrogens is 373 g/mol. The van der Waals surface area contributed by atoms with Gasteiger partial charge in [0, 0.05) is 23.6 Å². The first-order valence-corrected chi connectivity index (χ1v) is 9.31. The molecule has 0 saturated heterocycles. The van der Waals surface area contributed by atoms with E-state index in [4.69, 9.17) is 0 Å². The zero-order valence-corrected chi connectivity index (χ0v) is 14.8. The van der Waals surface area contributed by atoms with Crippen LogP contribution in [0.4, 0.5) is 21.7 Å². The van der Waals surface area contributed by atoms with E-state index in [0.717, 1.165) is 17.8 Å². The summed E-state index contributed by atoms with van der Waals surface area (Å²) in [6.45, 7) is 1.84. The van der Waals surface area contributed by atoms with Crippen molar-refractivity contribution in [2.45, 2.75) is 12.1 Å². The minimum absolute atomic E-state index is 0.198. The summed E-state index contributed by atoms with van der Waals surface area (Å²) >= 11 is 0. The minimum atomic E-state index is -4.09. The van der Waals surface area contributed by atoms with Crippen LogP contribution in [0.5, 0.6) is 0 Å². The Morgan fingerprint density at radius 3 is 2.59 bits per heavy atom. The van der Waals surface area contributed by atoms with Crippen molar-refractivity contribution >= 4 is 38.4 Å². The van der Waals surface area contributed by atoms with Crippen LogP contribution in [0, 0.1) is 12.7 Å². The van der Waals surface area contributed by atoms with Gasteiger partial charge in [-0.25, -0.2) is 4.39 Å². The van der Waals surface area contributed by atoms with Crippen LogP contribution in [0.2, 0.25) is 0 Å². The Morgan fingerprint density at radius 1 is 1.11 bits per heavy atom. The summed E-state index contributed by atoms with van der Waals surface area (Å²) in [7, 11) is -4.09. The maximum Gasteiger partial charge on any atom is 0.297 e. The molecule has 0 saturated carbocycles. The van der Waals surface area contributed by atoms with E-state index in [1.54, 1.807) is 18.3 Å². The fourth-order valence-electron chi connectivity index (χ4n) is 2.46. The summed E-state index contributed by atoms with van der Waals surface area (Å²) in [5, 5.41) is 10.0. The van der Waals surface area contributed by atoms with E-state index in [9.17, 15) is 12.8 Å². The number of anilines is 3. The molecule has 1 aromatic carbocycles. The van der Waals surface area contributed by atoms with Crippen molar-refractivity contribution in [2.75, 3.05) is 10.0 Å². The highest BCUT2D eigenvalue weighted by Crippen LogP contribution is 2.25. The van der Waals surface area contributed by atoms with E-state index >= 15 is 0 Å². The van der Waals surface area contributed by atoms with Gasteiger partial charge in [0.1, 0.15) is 17.3 Å². The van der Waals surface area contributed by atoms with Gasteiger partial charge in [-0.05, 0) is 37.3 Å². The van der Waals surface area contributed by atoms with Crippen molar-refractivity contribution in [1.82, 2.24) is 25.1 Å². The number of nitrogens with zero attached hydrogens (tertiary/aromatic N) is 3. The monoisotopic (exact) mass is 387 g/mol. The second kappa shape index (κ2) is 6.36. The third kappa shape index (κ3) is 3.44. The molecule has 138 valence electrons. The van der Waals surface area contributed by atoms with E-state index in [0.29, 0.717) is 16.9 Å². The van der Waals surface area contributed by atoms with Crippen molar-refractivity contribution in [3.05, 3.63) is 54.1 Å². The smallest absolute Gasteiger partial charge is 0.297 e. The molecule has 4 N–H and O–H groups in total. The number of sulfonamides is 1. The number of halogens is 1. The summed E-state index contributed by atoms with van der Waals surface area (Å²) in [6.07, 6.45) is 1.63. The molecule has 9 nitrogen and oxygen atoms in total. The predicted molar refractivity (Wildman–Crippen MR) is 97.7 cm³/mol. The Balaban J connectivity index is 1.73. The van der Waals surface area contributed by atoms with Crippen molar-refractivity contribution < 1.29 is 12.8 Å². The zero-order valence-electron chi connectivity index (χ0n) is 14.0. The molecule has 3 aromatic heterocycles. The fraction of sp³-hybridized carbons (Fsp3) is 0.0625. The first-order chi connectivity index (χ1) is 12.9. The van der Waals surface area contributed by atoms with Gasteiger partial charge in [-0.2, -0.15) is 23.5 Å². The standard InChI is InChI=1S/C16H14FN7O2S/c1-9-8-13(23-22-9)19-15-12-6-7-18-14(12)20-16(21-15)27(25,26)24-11-4-2-10(17)3-5-11/h2-8,24H,1H3,(H3,18,19,20,21,22,23). The predicted octanol–water partition coefficient (Wildman–Crippen LogP) is 2.67. The highest BCUT2D eigenvalue weighted by Gasteiger charge is 2.21. The van der Waals surface area contributed by atoms with Gasteiger partial charge in [-0.15, -0.1) is 0 Å². The number of benzene rings is 1. The van der Waals surface area contributed by atoms with E-state index in [1.807, 2.05) is 6.92 Å². The van der Waals surface area contributed by atoms with Gasteiger partial charge in [-0.3, -0.25) is 9.82 Å². The fourth-order valence-corrected chi connectivity index (χ4v) is 3.42. The molecular formula is C16H14FN7O2S. The average molecular weight is 387 g/mol. The van der Waals surface area contributed by atoms with Crippen LogP contribution in [-0.2, 0) is 10.0 Å². The zero-order chi connectivity index (χ0) is 19.0. The van der Waals surface area contributed by atoms with Crippen LogP contribution in [0.3, 0.4) is 0 Å². The van der Waals surface area contributed by atoms with Gasteiger partial charge in [0.05, 0.1) is 5.39 Å². The Bertz CT molecular complexity index is 1220. The minimum Gasteiger partial charge on any atom is -0.346 e. The van der Waals surface area contributed by atoms with E-state index in [1.165, 1.54) is 12.1 Å². The average Bonchev–Trinajstić information content (AvgIpc) is 3.25. The van der Waals surface area contributed by atoms with Crippen LogP contribution in [0.15, 0.2) is 47.8 Å². The number of hydrogen-bond acceptors (Lipinski definition) is 6. The van der Waals surface area contributed by atoms with Crippen LogP contribution < -0.4 is 10.0 Å². The van der Waals surface area contributed by atoms with Crippen molar-refractivity contribution in [3.8, 4) is 0 Å². The Morgan fingerprint density at radius 2 is 1.89 bits per heavy atom. The molecule has 0 spiro atoms. The second-order valence-corrected chi connectivity index (χ2v) is 7.34. The molecule has 0 aliphatic heterocycles. The van der Waals surface area contributed by atoms with E-state index in [-0.39, 0.29) is 11.5 Å². The van der Waals surface area contributed by atoms with Gasteiger partial charge >= 0.3 is 0 Å². The number of fused-ring (bicyclic) bond motifs is 1. The summed E-state index contributed by atoms with van der Waals surface area (Å²) in [4.78, 5) is 11.1. The lowest BCUT2D eigenvalue weighted by molar-refractivity contribution is 0.593. The van der Waals surface area contributed by atoms with Gasteiger partial charge < -0.3 is 10.3 Å². The molecule has 27 heavy (non-hydrogen) atoms. The number of aromatic amines is 2. The summed E-state index contributed by atoms with van der Waals surface area (Å²) in [6, 6.07) is 8.41. The molecule has 11 heteroatoms. The van der Waals surface area contributed by atoms with Gasteiger partial charge in [-0.1, -0.05) is 0 Å². The SMILES string of the molecule is Cc1cc(Nc2nc(S(=O)(=O)Nc3ccc(F)cc3)nc3[nH]ccc23)n[nH]1. The van der Waals surface area contributed by atoms with Crippen molar-refractivity contribution in [1.29, 1.82) is 0 Å². The van der Waals surface area contributed by atoms with Gasteiger partial charge in [0.15, 0.2) is 5.82 Å². The largest absolute Gasteiger partial charge is 0.346 e. The van der Waals surface area contributed by atoms with Gasteiger partial charge in [0.25, 0.3) is 15.2 Å². The number of aromatic nitrogens is 5. The topological polar surface area (TPSA) is 128 Å². The molecule has 3 heterocycles. The third-order valence-electron chi connectivity index (χ3n) is 3.68. The van der Waals surface area contributed by atoms with Crippen molar-refractivity contribution in [3.63, 3.8) is 0 Å². The molecule has 0 atom stereocenters. The third-order valence-corrected chi connectivity index (χ3v) is 4.85. The van der Waals surface area contributed by atoms with Crippen LogP contribution in [0.25, 0.3) is 11.0 Å². The molecule has 0 aliphatic rings. The quantitative estimate of drug-likeness (QED) is 0.390. The molecule has 0 radical (unpaired) electrons. The van der Waals surface area contributed by atoms with Crippen LogP contribution in [0.1, 0.15) is 5.69 Å². The summed E-state index contributed by atoms with van der Waals surface area (Å²) < 4.78 is 40.7. The molecule has 4 aromatic rings. The number of rotatable bonds is 5. The highest BCUT2D eigenvalue weighted by atomic mass is 32.2. The lowest BCUT2D eigenvalue weighted by Crippen LogP contribution is -2.17. The van der Waals surface area contributed by atoms with Crippen LogP contribution in [-0.4, -0.2) is 33.6 Å².